The quantitative estimate of drug-likeness (QED) is 0.694. The smallest absolute Gasteiger partial charge is 0.354 e. The fourth-order valence-electron chi connectivity index (χ4n) is 1.32. The number of aromatic amines is 1. The molecule has 14 heavy (non-hydrogen) atoms. The molecule has 0 saturated carbocycles. The molecule has 0 aliphatic rings. The molecule has 0 spiro atoms. The van der Waals surface area contributed by atoms with Gasteiger partial charge in [-0.3, -0.25) is 9.89 Å². The van der Waals surface area contributed by atoms with Crippen LogP contribution in [0.4, 0.5) is 0 Å². The molecule has 0 aliphatic carbocycles. The number of carboxylic acid groups (broad SMARTS) is 1. The number of aromatic carboxylic acids is 1. The van der Waals surface area contributed by atoms with E-state index in [1.807, 2.05) is 0 Å². The highest BCUT2D eigenvalue weighted by Gasteiger charge is 2.13. The molecular formula is C9H6N2O3. The lowest BCUT2D eigenvalue weighted by atomic mass is 10.1. The number of benzene rings is 1. The number of carboxylic acids is 1. The van der Waals surface area contributed by atoms with Gasteiger partial charge in [0.2, 0.25) is 0 Å². The summed E-state index contributed by atoms with van der Waals surface area (Å²) in [6.45, 7) is 0. The van der Waals surface area contributed by atoms with E-state index in [0.717, 1.165) is 0 Å². The van der Waals surface area contributed by atoms with E-state index in [2.05, 4.69) is 10.2 Å². The van der Waals surface area contributed by atoms with Gasteiger partial charge in [0, 0.05) is 10.9 Å². The Labute approximate surface area is 78.4 Å². The van der Waals surface area contributed by atoms with Crippen molar-refractivity contribution in [3.63, 3.8) is 0 Å². The van der Waals surface area contributed by atoms with Crippen LogP contribution in [0.1, 0.15) is 20.8 Å². The van der Waals surface area contributed by atoms with Gasteiger partial charge in [0.15, 0.2) is 12.0 Å². The second-order valence-corrected chi connectivity index (χ2v) is 2.77. The molecule has 0 saturated heterocycles. The lowest BCUT2D eigenvalue weighted by Gasteiger charge is -1.91. The number of H-pyrrole nitrogens is 1. The molecule has 0 fully saturated rings. The lowest BCUT2D eigenvalue weighted by Crippen LogP contribution is -1.96. The highest BCUT2D eigenvalue weighted by Crippen LogP contribution is 2.18. The summed E-state index contributed by atoms with van der Waals surface area (Å²) in [7, 11) is 0. The summed E-state index contributed by atoms with van der Waals surface area (Å²) in [6, 6.07) is 4.81. The van der Waals surface area contributed by atoms with Crippen molar-refractivity contribution in [3.05, 3.63) is 29.5 Å². The monoisotopic (exact) mass is 190 g/mol. The molecule has 5 heteroatoms. The standard InChI is InChI=1S/C9H6N2O3/c12-4-5-2-1-3-6-7(5)10-11-8(6)9(13)14/h1-4H,(H,10,11)(H,13,14). The lowest BCUT2D eigenvalue weighted by molar-refractivity contribution is 0.0692. The van der Waals surface area contributed by atoms with Crippen LogP contribution >= 0.6 is 0 Å². The van der Waals surface area contributed by atoms with Crippen molar-refractivity contribution >= 4 is 23.2 Å². The van der Waals surface area contributed by atoms with Crippen molar-refractivity contribution in [1.29, 1.82) is 0 Å². The summed E-state index contributed by atoms with van der Waals surface area (Å²) < 4.78 is 0. The van der Waals surface area contributed by atoms with E-state index in [4.69, 9.17) is 5.11 Å². The highest BCUT2D eigenvalue weighted by atomic mass is 16.4. The van der Waals surface area contributed by atoms with Crippen molar-refractivity contribution in [2.45, 2.75) is 0 Å². The molecular weight excluding hydrogens is 184 g/mol. The van der Waals surface area contributed by atoms with Crippen LogP contribution in [0.25, 0.3) is 10.9 Å². The van der Waals surface area contributed by atoms with Gasteiger partial charge in [0.25, 0.3) is 0 Å². The minimum Gasteiger partial charge on any atom is -0.477 e. The minimum absolute atomic E-state index is 0.00343. The van der Waals surface area contributed by atoms with Crippen molar-refractivity contribution < 1.29 is 14.7 Å². The summed E-state index contributed by atoms with van der Waals surface area (Å²) in [5.41, 5.74) is 0.773. The summed E-state index contributed by atoms with van der Waals surface area (Å²) in [6.07, 6.45) is 0.648. The van der Waals surface area contributed by atoms with E-state index in [0.29, 0.717) is 22.8 Å². The maximum absolute atomic E-state index is 10.7. The van der Waals surface area contributed by atoms with Gasteiger partial charge in [-0.25, -0.2) is 4.79 Å². The number of nitrogens with one attached hydrogen (secondary N) is 1. The summed E-state index contributed by atoms with van der Waals surface area (Å²) in [5, 5.41) is 15.4. The number of hydrogen-bond acceptors (Lipinski definition) is 3. The average molecular weight is 190 g/mol. The molecule has 5 nitrogen and oxygen atoms in total. The summed E-state index contributed by atoms with van der Waals surface area (Å²) in [5.74, 6) is -1.09. The zero-order chi connectivity index (χ0) is 10.1. The van der Waals surface area contributed by atoms with Gasteiger partial charge in [-0.15, -0.1) is 0 Å². The Bertz CT molecular complexity index is 516. The van der Waals surface area contributed by atoms with Crippen molar-refractivity contribution in [1.82, 2.24) is 10.2 Å². The maximum atomic E-state index is 10.7. The zero-order valence-corrected chi connectivity index (χ0v) is 7.02. The van der Waals surface area contributed by atoms with E-state index >= 15 is 0 Å². The van der Waals surface area contributed by atoms with Crippen LogP contribution in [-0.4, -0.2) is 27.6 Å². The Morgan fingerprint density at radius 1 is 1.50 bits per heavy atom. The number of hydrogen-bond donors (Lipinski definition) is 2. The first-order chi connectivity index (χ1) is 6.74. The molecule has 1 aromatic heterocycles. The molecule has 1 aromatic carbocycles. The molecule has 0 atom stereocenters. The summed E-state index contributed by atoms with van der Waals surface area (Å²) in [4.78, 5) is 21.3. The first-order valence-electron chi connectivity index (χ1n) is 3.89. The SMILES string of the molecule is O=Cc1cccc2c(C(=O)O)[nH]nc12. The molecule has 2 N–H and O–H groups in total. The van der Waals surface area contributed by atoms with Crippen LogP contribution < -0.4 is 0 Å². The van der Waals surface area contributed by atoms with Crippen LogP contribution in [0.5, 0.6) is 0 Å². The second-order valence-electron chi connectivity index (χ2n) is 2.77. The average Bonchev–Trinajstić information content (AvgIpc) is 2.60. The number of fused-ring (bicyclic) bond motifs is 1. The van der Waals surface area contributed by atoms with Gasteiger partial charge < -0.3 is 5.11 Å². The Balaban J connectivity index is 2.82. The molecule has 70 valence electrons. The molecule has 0 aliphatic heterocycles. The number of carbonyl (C=O) groups excluding carboxylic acids is 1. The molecule has 1 heterocycles. The van der Waals surface area contributed by atoms with Crippen molar-refractivity contribution in [3.8, 4) is 0 Å². The van der Waals surface area contributed by atoms with Gasteiger partial charge in [-0.1, -0.05) is 12.1 Å². The number of aldehydes is 1. The van der Waals surface area contributed by atoms with Crippen molar-refractivity contribution in [2.24, 2.45) is 0 Å². The van der Waals surface area contributed by atoms with Crippen LogP contribution in [0.3, 0.4) is 0 Å². The normalized spacial score (nSPS) is 10.3. The van der Waals surface area contributed by atoms with E-state index in [-0.39, 0.29) is 5.69 Å². The number of rotatable bonds is 2. The van der Waals surface area contributed by atoms with Crippen LogP contribution in [0, 0.1) is 0 Å². The molecule has 0 amide bonds. The number of nitrogens with zero attached hydrogens (tertiary/aromatic N) is 1. The Kier molecular flexibility index (Phi) is 1.78. The second kappa shape index (κ2) is 2.95. The molecule has 0 radical (unpaired) electrons. The Morgan fingerprint density at radius 3 is 2.93 bits per heavy atom. The first-order valence-corrected chi connectivity index (χ1v) is 3.89. The van der Waals surface area contributed by atoms with Crippen molar-refractivity contribution in [2.75, 3.05) is 0 Å². The number of carbonyl (C=O) groups is 2. The van der Waals surface area contributed by atoms with Crippen LogP contribution in [0.2, 0.25) is 0 Å². The minimum atomic E-state index is -1.09. The topological polar surface area (TPSA) is 83.0 Å². The fourth-order valence-corrected chi connectivity index (χ4v) is 1.32. The third-order valence-corrected chi connectivity index (χ3v) is 1.96. The molecule has 2 aromatic rings. The van der Waals surface area contributed by atoms with Gasteiger partial charge in [-0.2, -0.15) is 5.10 Å². The Morgan fingerprint density at radius 2 is 2.29 bits per heavy atom. The van der Waals surface area contributed by atoms with E-state index in [9.17, 15) is 9.59 Å². The zero-order valence-electron chi connectivity index (χ0n) is 7.02. The van der Waals surface area contributed by atoms with Crippen LogP contribution in [-0.2, 0) is 0 Å². The van der Waals surface area contributed by atoms with E-state index < -0.39 is 5.97 Å². The number of aromatic nitrogens is 2. The maximum Gasteiger partial charge on any atom is 0.354 e. The third kappa shape index (κ3) is 1.06. The van der Waals surface area contributed by atoms with Gasteiger partial charge in [0.1, 0.15) is 5.52 Å². The molecule has 0 bridgehead atoms. The third-order valence-electron chi connectivity index (χ3n) is 1.96. The predicted molar refractivity (Wildman–Crippen MR) is 48.4 cm³/mol. The van der Waals surface area contributed by atoms with E-state index in [1.165, 1.54) is 0 Å². The molecule has 0 unspecified atom stereocenters. The van der Waals surface area contributed by atoms with E-state index in [1.54, 1.807) is 18.2 Å². The van der Waals surface area contributed by atoms with Gasteiger partial charge in [-0.05, 0) is 6.07 Å². The molecule has 2 rings (SSSR count). The van der Waals surface area contributed by atoms with Gasteiger partial charge in [0.05, 0.1) is 0 Å². The first kappa shape index (κ1) is 8.43. The largest absolute Gasteiger partial charge is 0.477 e. The highest BCUT2D eigenvalue weighted by molar-refractivity contribution is 6.05. The number of para-hydroxylation sites is 1. The van der Waals surface area contributed by atoms with Crippen LogP contribution in [0.15, 0.2) is 18.2 Å². The predicted octanol–water partition coefficient (Wildman–Crippen LogP) is 1.07. The summed E-state index contributed by atoms with van der Waals surface area (Å²) >= 11 is 0. The Hall–Kier alpha value is -2.17. The van der Waals surface area contributed by atoms with Gasteiger partial charge >= 0.3 is 5.97 Å². The fraction of sp³-hybridized carbons (Fsp3) is 0.